The van der Waals surface area contributed by atoms with Gasteiger partial charge in [-0.25, -0.2) is 9.48 Å². The Hall–Kier alpha value is -3.13. The average molecular weight is 380 g/mol. The number of rotatable bonds is 4. The third kappa shape index (κ3) is 4.23. The Balaban J connectivity index is 1.47. The Bertz CT molecular complexity index is 906. The quantitative estimate of drug-likeness (QED) is 0.755. The summed E-state index contributed by atoms with van der Waals surface area (Å²) in [5, 5.41) is 11.8. The van der Waals surface area contributed by atoms with E-state index < -0.39 is 0 Å². The fourth-order valence-electron chi connectivity index (χ4n) is 3.35. The molecule has 0 spiro atoms. The van der Waals surface area contributed by atoms with Gasteiger partial charge in [0.2, 0.25) is 0 Å². The van der Waals surface area contributed by atoms with Crippen molar-refractivity contribution < 1.29 is 9.53 Å². The van der Waals surface area contributed by atoms with E-state index >= 15 is 0 Å². The molecule has 146 valence electrons. The van der Waals surface area contributed by atoms with Gasteiger partial charge in [0, 0.05) is 31.6 Å². The molecule has 1 aromatic carbocycles. The summed E-state index contributed by atoms with van der Waals surface area (Å²) in [7, 11) is 0. The molecule has 0 bridgehead atoms. The van der Waals surface area contributed by atoms with E-state index in [-0.39, 0.29) is 12.1 Å². The number of amides is 2. The van der Waals surface area contributed by atoms with E-state index in [2.05, 4.69) is 15.5 Å². The molecular weight excluding hydrogens is 356 g/mol. The van der Waals surface area contributed by atoms with Gasteiger partial charge in [-0.15, -0.1) is 0 Å². The maximum Gasteiger partial charge on any atom is 0.323 e. The normalized spacial score (nSPS) is 17.3. The van der Waals surface area contributed by atoms with Gasteiger partial charge in [0.25, 0.3) is 0 Å². The van der Waals surface area contributed by atoms with Crippen LogP contribution in [0.1, 0.15) is 12.1 Å². The number of carbonyl (C=O) groups is 1. The number of urea groups is 1. The number of hydrogen-bond donors (Lipinski definition) is 1. The van der Waals surface area contributed by atoms with Gasteiger partial charge in [0.15, 0.2) is 0 Å². The molecule has 0 aliphatic carbocycles. The van der Waals surface area contributed by atoms with Gasteiger partial charge in [-0.3, -0.25) is 10.00 Å². The van der Waals surface area contributed by atoms with E-state index in [9.17, 15) is 4.79 Å². The first-order valence-electron chi connectivity index (χ1n) is 9.46. The zero-order valence-electron chi connectivity index (χ0n) is 15.9. The summed E-state index contributed by atoms with van der Waals surface area (Å²) in [5.74, 6) is 0.655. The Morgan fingerprint density at radius 2 is 2.14 bits per heavy atom. The topological polar surface area (TPSA) is 77.2 Å². The molecule has 1 saturated heterocycles. The number of anilines is 1. The van der Waals surface area contributed by atoms with E-state index in [0.29, 0.717) is 32.1 Å². The van der Waals surface area contributed by atoms with Gasteiger partial charge in [0.1, 0.15) is 5.82 Å². The number of nitrogens with one attached hydrogen (secondary N) is 1. The lowest BCUT2D eigenvalue weighted by Gasteiger charge is -2.24. The zero-order valence-corrected chi connectivity index (χ0v) is 15.9. The van der Waals surface area contributed by atoms with Crippen LogP contribution in [0.4, 0.5) is 10.6 Å². The third-order valence-electron chi connectivity index (χ3n) is 4.65. The second-order valence-electron chi connectivity index (χ2n) is 6.87. The third-order valence-corrected chi connectivity index (χ3v) is 4.65. The van der Waals surface area contributed by atoms with E-state index in [1.165, 1.54) is 0 Å². The van der Waals surface area contributed by atoms with Crippen LogP contribution in [0.25, 0.3) is 5.69 Å². The highest BCUT2D eigenvalue weighted by molar-refractivity contribution is 5.88. The molecule has 2 amide bonds. The van der Waals surface area contributed by atoms with Crippen molar-refractivity contribution in [1.29, 1.82) is 0 Å². The summed E-state index contributed by atoms with van der Waals surface area (Å²) in [6, 6.07) is 13.4. The van der Waals surface area contributed by atoms with Crippen LogP contribution < -0.4 is 5.32 Å². The lowest BCUT2D eigenvalue weighted by atomic mass is 10.3. The maximum absolute atomic E-state index is 13.0. The van der Waals surface area contributed by atoms with Crippen LogP contribution in [0.3, 0.4) is 0 Å². The SMILES string of the molecule is Cc1cc(NC(=O)N2CCCO[C@@H](Cn3cccn3)C2)n(-c2ccccc2)n1. The predicted octanol–water partition coefficient (Wildman–Crippen LogP) is 2.70. The number of carbonyl (C=O) groups excluding carboxylic acids is 1. The van der Waals surface area contributed by atoms with Gasteiger partial charge < -0.3 is 9.64 Å². The van der Waals surface area contributed by atoms with Crippen LogP contribution in [0.5, 0.6) is 0 Å². The van der Waals surface area contributed by atoms with Crippen LogP contribution in [-0.2, 0) is 11.3 Å². The van der Waals surface area contributed by atoms with Crippen molar-refractivity contribution in [1.82, 2.24) is 24.5 Å². The highest BCUT2D eigenvalue weighted by Crippen LogP contribution is 2.18. The number of aromatic nitrogens is 4. The highest BCUT2D eigenvalue weighted by Gasteiger charge is 2.24. The van der Waals surface area contributed by atoms with Crippen LogP contribution >= 0.6 is 0 Å². The summed E-state index contributed by atoms with van der Waals surface area (Å²) in [6.07, 6.45) is 4.36. The average Bonchev–Trinajstić information content (AvgIpc) is 3.26. The molecule has 2 aromatic heterocycles. The zero-order chi connectivity index (χ0) is 19.3. The molecule has 1 aliphatic heterocycles. The Labute approximate surface area is 163 Å². The number of para-hydroxylation sites is 1. The molecule has 0 unspecified atom stereocenters. The minimum Gasteiger partial charge on any atom is -0.374 e. The van der Waals surface area contributed by atoms with Crippen molar-refractivity contribution in [2.75, 3.05) is 25.0 Å². The second-order valence-corrected chi connectivity index (χ2v) is 6.87. The molecule has 3 aromatic rings. The van der Waals surface area contributed by atoms with Crippen LogP contribution in [0.15, 0.2) is 54.9 Å². The molecule has 0 saturated carbocycles. The summed E-state index contributed by atoms with van der Waals surface area (Å²) in [5.41, 5.74) is 1.75. The van der Waals surface area contributed by atoms with Gasteiger partial charge in [0.05, 0.1) is 30.6 Å². The summed E-state index contributed by atoms with van der Waals surface area (Å²) in [6.45, 7) is 4.34. The largest absolute Gasteiger partial charge is 0.374 e. The Morgan fingerprint density at radius 3 is 2.93 bits per heavy atom. The standard InChI is InChI=1S/C20H24N6O2/c1-16-13-19(26(23-16)17-7-3-2-4-8-17)22-20(27)24-10-6-12-28-18(14-24)15-25-11-5-9-21-25/h2-5,7-9,11,13,18H,6,10,12,14-15H2,1H3,(H,22,27)/t18-/m1/s1. The van der Waals surface area contributed by atoms with Crippen molar-refractivity contribution in [2.45, 2.75) is 26.0 Å². The van der Waals surface area contributed by atoms with E-state index in [0.717, 1.165) is 17.8 Å². The molecule has 1 aliphatic rings. The number of ether oxygens (including phenoxy) is 1. The minimum atomic E-state index is -0.145. The van der Waals surface area contributed by atoms with Gasteiger partial charge in [-0.1, -0.05) is 18.2 Å². The number of aryl methyl sites for hydroxylation is 1. The van der Waals surface area contributed by atoms with E-state index in [1.807, 2.05) is 60.3 Å². The van der Waals surface area contributed by atoms with Crippen molar-refractivity contribution in [2.24, 2.45) is 0 Å². The van der Waals surface area contributed by atoms with E-state index in [4.69, 9.17) is 4.74 Å². The summed E-state index contributed by atoms with van der Waals surface area (Å²) in [4.78, 5) is 14.8. The molecule has 1 fully saturated rings. The molecule has 28 heavy (non-hydrogen) atoms. The van der Waals surface area contributed by atoms with Gasteiger partial charge >= 0.3 is 6.03 Å². The first kappa shape index (κ1) is 18.2. The second kappa shape index (κ2) is 8.26. The lowest BCUT2D eigenvalue weighted by molar-refractivity contribution is 0.0442. The Kier molecular flexibility index (Phi) is 5.38. The van der Waals surface area contributed by atoms with Crippen LogP contribution in [0, 0.1) is 6.92 Å². The molecule has 4 rings (SSSR count). The Morgan fingerprint density at radius 1 is 1.29 bits per heavy atom. The first-order valence-corrected chi connectivity index (χ1v) is 9.46. The van der Waals surface area contributed by atoms with Gasteiger partial charge in [-0.2, -0.15) is 10.2 Å². The molecular formula is C20H24N6O2. The molecule has 3 heterocycles. The summed E-state index contributed by atoms with van der Waals surface area (Å²) >= 11 is 0. The fourth-order valence-corrected chi connectivity index (χ4v) is 3.35. The smallest absolute Gasteiger partial charge is 0.323 e. The highest BCUT2D eigenvalue weighted by atomic mass is 16.5. The van der Waals surface area contributed by atoms with Crippen molar-refractivity contribution in [3.63, 3.8) is 0 Å². The van der Waals surface area contributed by atoms with Crippen molar-refractivity contribution in [3.8, 4) is 5.69 Å². The fraction of sp³-hybridized carbons (Fsp3) is 0.350. The predicted molar refractivity (Wildman–Crippen MR) is 105 cm³/mol. The van der Waals surface area contributed by atoms with Gasteiger partial charge in [-0.05, 0) is 31.5 Å². The molecule has 1 atom stereocenters. The molecule has 8 heteroatoms. The van der Waals surface area contributed by atoms with Crippen molar-refractivity contribution in [3.05, 3.63) is 60.6 Å². The molecule has 8 nitrogen and oxygen atoms in total. The number of hydrogen-bond acceptors (Lipinski definition) is 4. The summed E-state index contributed by atoms with van der Waals surface area (Å²) < 4.78 is 9.49. The monoisotopic (exact) mass is 380 g/mol. The van der Waals surface area contributed by atoms with Crippen LogP contribution in [0.2, 0.25) is 0 Å². The van der Waals surface area contributed by atoms with Crippen molar-refractivity contribution >= 4 is 11.8 Å². The minimum absolute atomic E-state index is 0.0890. The maximum atomic E-state index is 13.0. The van der Waals surface area contributed by atoms with E-state index in [1.54, 1.807) is 15.8 Å². The number of nitrogens with zero attached hydrogens (tertiary/aromatic N) is 5. The molecule has 1 N–H and O–H groups in total. The lowest BCUT2D eigenvalue weighted by Crippen LogP contribution is -2.41. The van der Waals surface area contributed by atoms with Crippen LogP contribution in [-0.4, -0.2) is 56.3 Å². The molecule has 0 radical (unpaired) electrons. The number of benzene rings is 1. The first-order chi connectivity index (χ1) is 13.7.